The average molecular weight is 318 g/mol. The van der Waals surface area contributed by atoms with E-state index in [1.165, 1.54) is 12.1 Å². The Bertz CT molecular complexity index is 642. The normalized spacial score (nSPS) is 21.5. The number of benzene rings is 1. The van der Waals surface area contributed by atoms with E-state index >= 15 is 0 Å². The van der Waals surface area contributed by atoms with Crippen molar-refractivity contribution in [2.24, 2.45) is 0 Å². The van der Waals surface area contributed by atoms with Crippen LogP contribution in [0.25, 0.3) is 0 Å². The van der Waals surface area contributed by atoms with Gasteiger partial charge in [-0.25, -0.2) is 4.39 Å². The zero-order valence-electron chi connectivity index (χ0n) is 12.6. The highest BCUT2D eigenvalue weighted by atomic mass is 19.1. The molecule has 0 bridgehead atoms. The molecule has 6 heteroatoms. The summed E-state index contributed by atoms with van der Waals surface area (Å²) < 4.78 is 18.2. The van der Waals surface area contributed by atoms with Crippen molar-refractivity contribution in [3.05, 3.63) is 59.8 Å². The predicted molar refractivity (Wildman–Crippen MR) is 81.9 cm³/mol. The molecule has 0 aliphatic carbocycles. The van der Waals surface area contributed by atoms with Crippen molar-refractivity contribution >= 4 is 5.91 Å². The first-order valence-corrected chi connectivity index (χ1v) is 7.58. The molecule has 2 aromatic rings. The Morgan fingerprint density at radius 3 is 2.83 bits per heavy atom. The molecule has 122 valence electrons. The molecule has 5 nitrogen and oxygen atoms in total. The lowest BCUT2D eigenvalue weighted by atomic mass is 10.0. The number of furan rings is 1. The van der Waals surface area contributed by atoms with E-state index in [-0.39, 0.29) is 24.3 Å². The largest absolute Gasteiger partial charge is 0.467 e. The lowest BCUT2D eigenvalue weighted by molar-refractivity contribution is -0.122. The lowest BCUT2D eigenvalue weighted by Gasteiger charge is -2.23. The van der Waals surface area contributed by atoms with Crippen molar-refractivity contribution in [3.63, 3.8) is 0 Å². The van der Waals surface area contributed by atoms with Gasteiger partial charge in [0.25, 0.3) is 0 Å². The van der Waals surface area contributed by atoms with Crippen molar-refractivity contribution in [1.82, 2.24) is 10.2 Å². The summed E-state index contributed by atoms with van der Waals surface area (Å²) in [5.41, 5.74) is 0.904. The van der Waals surface area contributed by atoms with Gasteiger partial charge in [0.15, 0.2) is 0 Å². The maximum absolute atomic E-state index is 13.1. The fraction of sp³-hybridized carbons (Fsp3) is 0.353. The highest BCUT2D eigenvalue weighted by molar-refractivity contribution is 5.78. The highest BCUT2D eigenvalue weighted by Gasteiger charge is 2.33. The molecule has 0 saturated carbocycles. The third kappa shape index (κ3) is 3.97. The zero-order valence-corrected chi connectivity index (χ0v) is 12.6. The van der Waals surface area contributed by atoms with Crippen molar-refractivity contribution in [2.75, 3.05) is 13.1 Å². The van der Waals surface area contributed by atoms with Crippen molar-refractivity contribution < 1.29 is 18.7 Å². The Morgan fingerprint density at radius 1 is 1.35 bits per heavy atom. The number of nitrogens with zero attached hydrogens (tertiary/aromatic N) is 1. The van der Waals surface area contributed by atoms with Gasteiger partial charge in [0.2, 0.25) is 5.91 Å². The molecule has 2 N–H and O–H groups in total. The monoisotopic (exact) mass is 318 g/mol. The molecule has 0 radical (unpaired) electrons. The van der Waals surface area contributed by atoms with E-state index in [1.54, 1.807) is 30.5 Å². The van der Waals surface area contributed by atoms with Gasteiger partial charge in [-0.2, -0.15) is 0 Å². The van der Waals surface area contributed by atoms with Crippen LogP contribution in [0, 0.1) is 5.82 Å². The summed E-state index contributed by atoms with van der Waals surface area (Å²) in [6, 6.07) is 9.67. The van der Waals surface area contributed by atoms with Crippen LogP contribution in [0.4, 0.5) is 4.39 Å². The number of aliphatic hydroxyl groups excluding tert-OH is 1. The second kappa shape index (κ2) is 6.93. The van der Waals surface area contributed by atoms with Gasteiger partial charge in [-0.1, -0.05) is 12.1 Å². The van der Waals surface area contributed by atoms with E-state index < -0.39 is 6.10 Å². The lowest BCUT2D eigenvalue weighted by Crippen LogP contribution is -2.37. The summed E-state index contributed by atoms with van der Waals surface area (Å²) in [5, 5.41) is 12.7. The standard InChI is InChI=1S/C17H19FN2O3/c18-13-5-3-12(4-6-13)16-8-14(21)10-20(16)11-17(22)19-9-15-2-1-7-23-15/h1-7,14,16,21H,8-11H2,(H,19,22)/t14-,16-/m0/s1. The van der Waals surface area contributed by atoms with Gasteiger partial charge in [-0.15, -0.1) is 0 Å². The molecule has 0 unspecified atom stereocenters. The molecule has 3 rings (SSSR count). The Balaban J connectivity index is 1.60. The van der Waals surface area contributed by atoms with Crippen LogP contribution in [0.2, 0.25) is 0 Å². The Hall–Kier alpha value is -2.18. The Morgan fingerprint density at radius 2 is 2.13 bits per heavy atom. The summed E-state index contributed by atoms with van der Waals surface area (Å²) in [6.45, 7) is 0.944. The third-order valence-electron chi connectivity index (χ3n) is 4.02. The van der Waals surface area contributed by atoms with Crippen LogP contribution in [-0.2, 0) is 11.3 Å². The average Bonchev–Trinajstić information content (AvgIpc) is 3.16. The molecule has 1 aliphatic rings. The molecule has 1 aromatic carbocycles. The number of nitrogens with one attached hydrogen (secondary N) is 1. The van der Waals surface area contributed by atoms with Gasteiger partial charge in [-0.05, 0) is 36.2 Å². The van der Waals surface area contributed by atoms with Gasteiger partial charge in [-0.3, -0.25) is 9.69 Å². The SMILES string of the molecule is O=C(CN1C[C@@H](O)C[C@H]1c1ccc(F)cc1)NCc1ccco1. The molecule has 0 spiro atoms. The highest BCUT2D eigenvalue weighted by Crippen LogP contribution is 2.31. The maximum atomic E-state index is 13.1. The molecule has 23 heavy (non-hydrogen) atoms. The number of carbonyl (C=O) groups is 1. The van der Waals surface area contributed by atoms with E-state index in [9.17, 15) is 14.3 Å². The smallest absolute Gasteiger partial charge is 0.234 e. The summed E-state index contributed by atoms with van der Waals surface area (Å²) in [4.78, 5) is 14.0. The van der Waals surface area contributed by atoms with Crippen LogP contribution >= 0.6 is 0 Å². The number of rotatable bonds is 5. The fourth-order valence-corrected chi connectivity index (χ4v) is 2.93. The van der Waals surface area contributed by atoms with Gasteiger partial charge >= 0.3 is 0 Å². The molecule has 1 fully saturated rings. The van der Waals surface area contributed by atoms with E-state index in [2.05, 4.69) is 5.32 Å². The minimum atomic E-state index is -0.483. The molecular formula is C17H19FN2O3. The summed E-state index contributed by atoms with van der Waals surface area (Å²) in [7, 11) is 0. The summed E-state index contributed by atoms with van der Waals surface area (Å²) in [5.74, 6) is 0.257. The minimum Gasteiger partial charge on any atom is -0.467 e. The Kier molecular flexibility index (Phi) is 4.73. The second-order valence-electron chi connectivity index (χ2n) is 5.74. The van der Waals surface area contributed by atoms with E-state index in [1.807, 2.05) is 4.90 Å². The first-order valence-electron chi connectivity index (χ1n) is 7.58. The molecule has 2 heterocycles. The van der Waals surface area contributed by atoms with Crippen molar-refractivity contribution in [3.8, 4) is 0 Å². The quantitative estimate of drug-likeness (QED) is 0.883. The molecule has 1 amide bonds. The number of β-amino-alcohol motifs (C(OH)–C–C–N with tert-alkyl or cyclic N) is 1. The van der Waals surface area contributed by atoms with Crippen LogP contribution in [-0.4, -0.2) is 35.1 Å². The van der Waals surface area contributed by atoms with Crippen molar-refractivity contribution in [2.45, 2.75) is 25.1 Å². The van der Waals surface area contributed by atoms with Crippen LogP contribution in [0.15, 0.2) is 47.1 Å². The van der Waals surface area contributed by atoms with Gasteiger partial charge in [0.1, 0.15) is 11.6 Å². The Labute approximate surface area is 133 Å². The summed E-state index contributed by atoms with van der Waals surface area (Å²) in [6.07, 6.45) is 1.61. The number of amides is 1. The van der Waals surface area contributed by atoms with Crippen LogP contribution in [0.3, 0.4) is 0 Å². The number of hydrogen-bond acceptors (Lipinski definition) is 4. The van der Waals surface area contributed by atoms with Crippen LogP contribution in [0.5, 0.6) is 0 Å². The third-order valence-corrected chi connectivity index (χ3v) is 4.02. The number of hydrogen-bond donors (Lipinski definition) is 2. The zero-order chi connectivity index (χ0) is 16.2. The molecular weight excluding hydrogens is 299 g/mol. The summed E-state index contributed by atoms with van der Waals surface area (Å²) >= 11 is 0. The molecule has 1 aliphatic heterocycles. The van der Waals surface area contributed by atoms with Gasteiger partial charge in [0, 0.05) is 12.6 Å². The fourth-order valence-electron chi connectivity index (χ4n) is 2.93. The van der Waals surface area contributed by atoms with Gasteiger partial charge in [0.05, 0.1) is 25.5 Å². The first kappa shape index (κ1) is 15.7. The first-order chi connectivity index (χ1) is 11.1. The molecule has 1 aromatic heterocycles. The topological polar surface area (TPSA) is 65.7 Å². The van der Waals surface area contributed by atoms with Crippen molar-refractivity contribution in [1.29, 1.82) is 0 Å². The van der Waals surface area contributed by atoms with E-state index in [4.69, 9.17) is 4.42 Å². The van der Waals surface area contributed by atoms with E-state index in [0.29, 0.717) is 25.3 Å². The molecule has 2 atom stereocenters. The van der Waals surface area contributed by atoms with Crippen LogP contribution < -0.4 is 5.32 Å². The predicted octanol–water partition coefficient (Wildman–Crippen LogP) is 1.84. The number of aliphatic hydroxyl groups is 1. The number of halogens is 1. The van der Waals surface area contributed by atoms with Gasteiger partial charge < -0.3 is 14.8 Å². The number of likely N-dealkylation sites (tertiary alicyclic amines) is 1. The number of carbonyl (C=O) groups excluding carboxylic acids is 1. The van der Waals surface area contributed by atoms with E-state index in [0.717, 1.165) is 5.56 Å². The van der Waals surface area contributed by atoms with Crippen LogP contribution in [0.1, 0.15) is 23.8 Å². The maximum Gasteiger partial charge on any atom is 0.234 e. The second-order valence-corrected chi connectivity index (χ2v) is 5.74. The molecule has 1 saturated heterocycles. The minimum absolute atomic E-state index is 0.0834.